The number of aromatic nitrogens is 2. The van der Waals surface area contributed by atoms with E-state index < -0.39 is 0 Å². The molecule has 4 nitrogen and oxygen atoms in total. The quantitative estimate of drug-likeness (QED) is 0.690. The number of hydrogen-bond acceptors (Lipinski definition) is 2. The molecule has 1 N–H and O–H groups in total. The van der Waals surface area contributed by atoms with Crippen LogP contribution in [0.15, 0.2) is 23.6 Å². The standard InChI is InChI=1S/C11H16N4/c1-12-11-10-9(15(2)8-14-10)6-4-3-5-7-13-11/h5,7-8H,3-4,6H2,1-2H3,(H,12,13)/b7-5+. The second-order valence-electron chi connectivity index (χ2n) is 3.66. The van der Waals surface area contributed by atoms with Gasteiger partial charge in [0.25, 0.3) is 0 Å². The molecule has 2 heterocycles. The van der Waals surface area contributed by atoms with E-state index in [1.807, 2.05) is 19.6 Å². The van der Waals surface area contributed by atoms with Crippen LogP contribution in [0, 0.1) is 0 Å². The lowest BCUT2D eigenvalue weighted by Crippen LogP contribution is -2.20. The third-order valence-electron chi connectivity index (χ3n) is 2.63. The summed E-state index contributed by atoms with van der Waals surface area (Å²) in [4.78, 5) is 8.61. The molecule has 2 rings (SSSR count). The molecule has 0 unspecified atom stereocenters. The van der Waals surface area contributed by atoms with E-state index in [0.29, 0.717) is 0 Å². The van der Waals surface area contributed by atoms with Gasteiger partial charge in [0.2, 0.25) is 0 Å². The Morgan fingerprint density at radius 1 is 1.53 bits per heavy atom. The predicted molar refractivity (Wildman–Crippen MR) is 60.9 cm³/mol. The van der Waals surface area contributed by atoms with Gasteiger partial charge in [-0.05, 0) is 25.5 Å². The first kappa shape index (κ1) is 9.96. The first-order valence-electron chi connectivity index (χ1n) is 5.22. The zero-order valence-corrected chi connectivity index (χ0v) is 9.20. The molecule has 1 aromatic rings. The van der Waals surface area contributed by atoms with Crippen molar-refractivity contribution >= 4 is 5.84 Å². The van der Waals surface area contributed by atoms with Gasteiger partial charge in [-0.25, -0.2) is 4.98 Å². The molecular formula is C11H16N4. The van der Waals surface area contributed by atoms with Crippen LogP contribution in [0.5, 0.6) is 0 Å². The number of imidazole rings is 1. The van der Waals surface area contributed by atoms with Gasteiger partial charge < -0.3 is 9.88 Å². The highest BCUT2D eigenvalue weighted by molar-refractivity contribution is 5.98. The Hall–Kier alpha value is -1.58. The lowest BCUT2D eigenvalue weighted by Gasteiger charge is -2.05. The number of aliphatic imine (C=N–C) groups is 1. The first-order chi connectivity index (χ1) is 7.33. The fraction of sp³-hybridized carbons (Fsp3) is 0.455. The molecule has 15 heavy (non-hydrogen) atoms. The van der Waals surface area contributed by atoms with Gasteiger partial charge in [-0.3, -0.25) is 4.99 Å². The van der Waals surface area contributed by atoms with Crippen molar-refractivity contribution in [3.05, 3.63) is 30.0 Å². The van der Waals surface area contributed by atoms with Crippen molar-refractivity contribution in [2.24, 2.45) is 12.0 Å². The van der Waals surface area contributed by atoms with Crippen molar-refractivity contribution in [2.75, 3.05) is 7.05 Å². The number of allylic oxidation sites excluding steroid dienone is 1. The molecule has 0 radical (unpaired) electrons. The highest BCUT2D eigenvalue weighted by Crippen LogP contribution is 2.12. The fourth-order valence-electron chi connectivity index (χ4n) is 1.80. The number of hydrogen-bond donors (Lipinski definition) is 1. The Labute approximate surface area is 89.7 Å². The number of nitrogens with zero attached hydrogens (tertiary/aromatic N) is 3. The minimum Gasteiger partial charge on any atom is -0.345 e. The average molecular weight is 204 g/mol. The largest absolute Gasteiger partial charge is 0.345 e. The van der Waals surface area contributed by atoms with Gasteiger partial charge >= 0.3 is 0 Å². The van der Waals surface area contributed by atoms with E-state index in [9.17, 15) is 0 Å². The van der Waals surface area contributed by atoms with E-state index in [-0.39, 0.29) is 0 Å². The highest BCUT2D eigenvalue weighted by atomic mass is 15.1. The van der Waals surface area contributed by atoms with Crippen LogP contribution in [0.25, 0.3) is 0 Å². The summed E-state index contributed by atoms with van der Waals surface area (Å²) >= 11 is 0. The van der Waals surface area contributed by atoms with Crippen molar-refractivity contribution in [1.82, 2.24) is 14.9 Å². The normalized spacial score (nSPS) is 21.1. The molecule has 80 valence electrons. The summed E-state index contributed by atoms with van der Waals surface area (Å²) in [6.45, 7) is 0. The summed E-state index contributed by atoms with van der Waals surface area (Å²) in [5, 5.41) is 3.17. The Balaban J connectivity index is 2.43. The molecule has 0 spiro atoms. The van der Waals surface area contributed by atoms with Crippen molar-refractivity contribution in [3.8, 4) is 0 Å². The van der Waals surface area contributed by atoms with Crippen LogP contribution in [0.2, 0.25) is 0 Å². The van der Waals surface area contributed by atoms with E-state index in [2.05, 4.69) is 25.9 Å². The van der Waals surface area contributed by atoms with Crippen molar-refractivity contribution in [1.29, 1.82) is 0 Å². The van der Waals surface area contributed by atoms with Crippen LogP contribution in [0.3, 0.4) is 0 Å². The van der Waals surface area contributed by atoms with Gasteiger partial charge in [-0.1, -0.05) is 6.08 Å². The summed E-state index contributed by atoms with van der Waals surface area (Å²) in [5.74, 6) is 0.851. The lowest BCUT2D eigenvalue weighted by molar-refractivity contribution is 0.756. The number of amidine groups is 1. The van der Waals surface area contributed by atoms with E-state index in [0.717, 1.165) is 30.8 Å². The Kier molecular flexibility index (Phi) is 2.85. The zero-order chi connectivity index (χ0) is 10.7. The lowest BCUT2D eigenvalue weighted by atomic mass is 10.1. The predicted octanol–water partition coefficient (Wildman–Crippen LogP) is 1.24. The topological polar surface area (TPSA) is 42.2 Å². The maximum Gasteiger partial charge on any atom is 0.152 e. The van der Waals surface area contributed by atoms with E-state index >= 15 is 0 Å². The third-order valence-corrected chi connectivity index (χ3v) is 2.63. The molecule has 0 aliphatic carbocycles. The Morgan fingerprint density at radius 2 is 2.40 bits per heavy atom. The van der Waals surface area contributed by atoms with Crippen LogP contribution in [0.4, 0.5) is 0 Å². The van der Waals surface area contributed by atoms with Crippen molar-refractivity contribution in [2.45, 2.75) is 19.3 Å². The second kappa shape index (κ2) is 4.29. The van der Waals surface area contributed by atoms with Gasteiger partial charge in [0.1, 0.15) is 5.69 Å². The minimum atomic E-state index is 0.851. The molecule has 4 heteroatoms. The van der Waals surface area contributed by atoms with Gasteiger partial charge in [0.15, 0.2) is 5.84 Å². The highest BCUT2D eigenvalue weighted by Gasteiger charge is 2.13. The first-order valence-corrected chi connectivity index (χ1v) is 5.22. The molecule has 1 aromatic heterocycles. The molecule has 0 saturated heterocycles. The van der Waals surface area contributed by atoms with Gasteiger partial charge in [-0.2, -0.15) is 0 Å². The van der Waals surface area contributed by atoms with E-state index in [1.54, 1.807) is 7.05 Å². The summed E-state index contributed by atoms with van der Waals surface area (Å²) < 4.78 is 2.08. The monoisotopic (exact) mass is 204 g/mol. The molecule has 0 saturated carbocycles. The number of fused-ring (bicyclic) bond motifs is 1. The number of nitrogens with one attached hydrogen (secondary N) is 1. The van der Waals surface area contributed by atoms with E-state index in [4.69, 9.17) is 0 Å². The van der Waals surface area contributed by atoms with Crippen LogP contribution in [-0.4, -0.2) is 22.4 Å². The number of aryl methyl sites for hydroxylation is 1. The minimum absolute atomic E-state index is 0.851. The maximum atomic E-state index is 4.39. The third kappa shape index (κ3) is 1.93. The molecule has 1 aliphatic rings. The average Bonchev–Trinajstić information content (AvgIpc) is 2.63. The SMILES string of the molecule is CN=C1N/C=C/CCCc2c1ncn2C. The summed E-state index contributed by atoms with van der Waals surface area (Å²) in [6, 6.07) is 0. The van der Waals surface area contributed by atoms with Gasteiger partial charge in [0, 0.05) is 19.8 Å². The smallest absolute Gasteiger partial charge is 0.152 e. The summed E-state index contributed by atoms with van der Waals surface area (Å²) in [5.41, 5.74) is 2.23. The maximum absolute atomic E-state index is 4.39. The Bertz CT molecular complexity index is 401. The molecule has 0 atom stereocenters. The van der Waals surface area contributed by atoms with Crippen molar-refractivity contribution < 1.29 is 0 Å². The molecule has 0 fully saturated rings. The van der Waals surface area contributed by atoms with Crippen LogP contribution in [-0.2, 0) is 13.5 Å². The zero-order valence-electron chi connectivity index (χ0n) is 9.20. The molecular weight excluding hydrogens is 188 g/mol. The van der Waals surface area contributed by atoms with E-state index in [1.165, 1.54) is 5.69 Å². The fourth-order valence-corrected chi connectivity index (χ4v) is 1.80. The van der Waals surface area contributed by atoms with Crippen LogP contribution >= 0.6 is 0 Å². The second-order valence-corrected chi connectivity index (χ2v) is 3.66. The van der Waals surface area contributed by atoms with Crippen LogP contribution < -0.4 is 5.32 Å². The molecule has 0 amide bonds. The Morgan fingerprint density at radius 3 is 3.20 bits per heavy atom. The van der Waals surface area contributed by atoms with Gasteiger partial charge in [0.05, 0.1) is 6.33 Å². The van der Waals surface area contributed by atoms with Gasteiger partial charge in [-0.15, -0.1) is 0 Å². The molecule has 0 aromatic carbocycles. The van der Waals surface area contributed by atoms with Crippen molar-refractivity contribution in [3.63, 3.8) is 0 Å². The summed E-state index contributed by atoms with van der Waals surface area (Å²) in [7, 11) is 3.82. The molecule has 1 aliphatic heterocycles. The number of rotatable bonds is 0. The summed E-state index contributed by atoms with van der Waals surface area (Å²) in [6.07, 6.45) is 9.24. The van der Waals surface area contributed by atoms with Crippen LogP contribution in [0.1, 0.15) is 24.2 Å². The molecule has 0 bridgehead atoms.